The van der Waals surface area contributed by atoms with Crippen molar-refractivity contribution >= 4 is 16.8 Å². The van der Waals surface area contributed by atoms with Gasteiger partial charge in [0.15, 0.2) is 5.60 Å². The highest BCUT2D eigenvalue weighted by atomic mass is 16.5. The topological polar surface area (TPSA) is 27.7 Å². The van der Waals surface area contributed by atoms with Crippen molar-refractivity contribution in [3.05, 3.63) is 108 Å². The molecule has 0 aliphatic carbocycles. The maximum atomic E-state index is 6.78. The summed E-state index contributed by atoms with van der Waals surface area (Å²) in [6.07, 6.45) is 4.31. The Hall–Kier alpha value is -3.72. The third-order valence-corrected chi connectivity index (χ3v) is 5.72. The van der Waals surface area contributed by atoms with Crippen LogP contribution in [0.1, 0.15) is 16.7 Å². The van der Waals surface area contributed by atoms with Crippen LogP contribution < -0.4 is 14.2 Å². The van der Waals surface area contributed by atoms with Crippen LogP contribution in [0.5, 0.6) is 17.2 Å². The van der Waals surface area contributed by atoms with Crippen LogP contribution in [0.3, 0.4) is 0 Å². The zero-order chi connectivity index (χ0) is 20.6. The molecule has 1 heterocycles. The molecule has 4 aromatic carbocycles. The van der Waals surface area contributed by atoms with Gasteiger partial charge in [0, 0.05) is 22.1 Å². The predicted molar refractivity (Wildman–Crippen MR) is 120 cm³/mol. The Bertz CT molecular complexity index is 1230. The molecule has 30 heavy (non-hydrogen) atoms. The second-order valence-electron chi connectivity index (χ2n) is 7.30. The summed E-state index contributed by atoms with van der Waals surface area (Å²) >= 11 is 0. The fraction of sp³-hybridized carbons (Fsp3) is 0.111. The maximum absolute atomic E-state index is 6.78. The minimum Gasteiger partial charge on any atom is -0.497 e. The van der Waals surface area contributed by atoms with Gasteiger partial charge in [-0.1, -0.05) is 54.6 Å². The molecule has 1 aliphatic rings. The molecule has 5 rings (SSSR count). The lowest BCUT2D eigenvalue weighted by Gasteiger charge is -2.36. The van der Waals surface area contributed by atoms with Crippen LogP contribution in [0.25, 0.3) is 16.8 Å². The smallest absolute Gasteiger partial charge is 0.178 e. The molecule has 0 amide bonds. The molecule has 0 saturated heterocycles. The predicted octanol–water partition coefficient (Wildman–Crippen LogP) is 6.21. The molecule has 148 valence electrons. The lowest BCUT2D eigenvalue weighted by Crippen LogP contribution is -2.34. The summed E-state index contributed by atoms with van der Waals surface area (Å²) in [6.45, 7) is 0. The van der Waals surface area contributed by atoms with Crippen molar-refractivity contribution < 1.29 is 14.2 Å². The zero-order valence-electron chi connectivity index (χ0n) is 17.0. The Morgan fingerprint density at radius 2 is 1.43 bits per heavy atom. The number of rotatable bonds is 4. The normalized spacial score (nSPS) is 17.3. The van der Waals surface area contributed by atoms with E-state index in [1.165, 1.54) is 0 Å². The van der Waals surface area contributed by atoms with E-state index in [0.717, 1.165) is 44.7 Å². The van der Waals surface area contributed by atoms with Crippen molar-refractivity contribution in [3.63, 3.8) is 0 Å². The molecule has 0 aromatic heterocycles. The Morgan fingerprint density at radius 3 is 2.17 bits per heavy atom. The molecule has 0 bridgehead atoms. The first-order valence-electron chi connectivity index (χ1n) is 9.93. The average molecular weight is 394 g/mol. The number of benzene rings is 4. The van der Waals surface area contributed by atoms with E-state index in [1.807, 2.05) is 48.5 Å². The molecule has 0 radical (unpaired) electrons. The number of hydrogen-bond donors (Lipinski definition) is 0. The van der Waals surface area contributed by atoms with Crippen LogP contribution in [0.4, 0.5) is 0 Å². The first-order valence-corrected chi connectivity index (χ1v) is 9.93. The van der Waals surface area contributed by atoms with Crippen molar-refractivity contribution in [3.8, 4) is 17.2 Å². The highest BCUT2D eigenvalue weighted by Gasteiger charge is 2.37. The summed E-state index contributed by atoms with van der Waals surface area (Å²) in [5.74, 6) is 2.52. The first-order chi connectivity index (χ1) is 14.7. The van der Waals surface area contributed by atoms with E-state index >= 15 is 0 Å². The van der Waals surface area contributed by atoms with Gasteiger partial charge in [0.05, 0.1) is 14.2 Å². The van der Waals surface area contributed by atoms with Gasteiger partial charge in [-0.2, -0.15) is 0 Å². The summed E-state index contributed by atoms with van der Waals surface area (Å²) in [7, 11) is 3.37. The Labute approximate surface area is 176 Å². The van der Waals surface area contributed by atoms with Crippen LogP contribution in [-0.2, 0) is 5.60 Å². The summed E-state index contributed by atoms with van der Waals surface area (Å²) in [5.41, 5.74) is 2.46. The van der Waals surface area contributed by atoms with E-state index < -0.39 is 5.60 Å². The second kappa shape index (κ2) is 7.27. The number of ether oxygens (including phenoxy) is 3. The van der Waals surface area contributed by atoms with Crippen molar-refractivity contribution in [2.75, 3.05) is 14.2 Å². The monoisotopic (exact) mass is 394 g/mol. The number of fused-ring (bicyclic) bond motifs is 3. The molecule has 0 N–H and O–H groups in total. The van der Waals surface area contributed by atoms with Gasteiger partial charge in [0.2, 0.25) is 0 Å². The largest absolute Gasteiger partial charge is 0.497 e. The lowest BCUT2D eigenvalue weighted by atomic mass is 9.83. The zero-order valence-corrected chi connectivity index (χ0v) is 17.0. The molecular formula is C27H22O3. The van der Waals surface area contributed by atoms with E-state index in [2.05, 4.69) is 48.6 Å². The Balaban J connectivity index is 1.70. The summed E-state index contributed by atoms with van der Waals surface area (Å²) in [6, 6.07) is 28.6. The van der Waals surface area contributed by atoms with Gasteiger partial charge in [0.1, 0.15) is 17.2 Å². The summed E-state index contributed by atoms with van der Waals surface area (Å²) in [5, 5.41) is 2.18. The van der Waals surface area contributed by atoms with E-state index in [9.17, 15) is 0 Å². The van der Waals surface area contributed by atoms with Gasteiger partial charge in [-0.25, -0.2) is 0 Å². The standard InChI is InChI=1S/C27H22O3/c1-28-21-13-11-20(12-14-21)27(19-7-4-3-5-8-19)18-17-24-22-9-6-10-25(29-2)23(22)15-16-26(24)30-27/h3-18H,1-2H3. The van der Waals surface area contributed by atoms with Gasteiger partial charge in [-0.15, -0.1) is 0 Å². The quantitative estimate of drug-likeness (QED) is 0.412. The highest BCUT2D eigenvalue weighted by molar-refractivity contribution is 5.97. The van der Waals surface area contributed by atoms with Gasteiger partial charge in [-0.05, 0) is 47.9 Å². The molecule has 0 fully saturated rings. The third kappa shape index (κ3) is 2.82. The van der Waals surface area contributed by atoms with E-state index in [4.69, 9.17) is 14.2 Å². The first kappa shape index (κ1) is 18.3. The van der Waals surface area contributed by atoms with Crippen molar-refractivity contribution in [2.45, 2.75) is 5.60 Å². The summed E-state index contributed by atoms with van der Waals surface area (Å²) in [4.78, 5) is 0. The van der Waals surface area contributed by atoms with Gasteiger partial charge < -0.3 is 14.2 Å². The maximum Gasteiger partial charge on any atom is 0.178 e. The molecule has 0 saturated carbocycles. The summed E-state index contributed by atoms with van der Waals surface area (Å²) < 4.78 is 17.7. The fourth-order valence-electron chi connectivity index (χ4n) is 4.18. The molecule has 4 aromatic rings. The van der Waals surface area contributed by atoms with Crippen LogP contribution >= 0.6 is 0 Å². The van der Waals surface area contributed by atoms with Crippen LogP contribution in [0.2, 0.25) is 0 Å². The number of hydrogen-bond acceptors (Lipinski definition) is 3. The SMILES string of the molecule is COc1ccc(C2(c3ccccc3)C=Cc3c(ccc4c(OC)cccc34)O2)cc1. The van der Waals surface area contributed by atoms with Crippen molar-refractivity contribution in [1.29, 1.82) is 0 Å². The molecule has 3 nitrogen and oxygen atoms in total. The molecule has 0 spiro atoms. The van der Waals surface area contributed by atoms with E-state index in [-0.39, 0.29) is 0 Å². The van der Waals surface area contributed by atoms with Crippen molar-refractivity contribution in [2.24, 2.45) is 0 Å². The van der Waals surface area contributed by atoms with Crippen molar-refractivity contribution in [1.82, 2.24) is 0 Å². The van der Waals surface area contributed by atoms with Crippen LogP contribution in [0.15, 0.2) is 91.0 Å². The molecule has 1 atom stereocenters. The highest BCUT2D eigenvalue weighted by Crippen LogP contribution is 2.45. The average Bonchev–Trinajstić information content (AvgIpc) is 2.83. The fourth-order valence-corrected chi connectivity index (χ4v) is 4.18. The lowest BCUT2D eigenvalue weighted by molar-refractivity contribution is 0.161. The molecule has 1 aliphatic heterocycles. The number of methoxy groups -OCH3 is 2. The Morgan fingerprint density at radius 1 is 0.667 bits per heavy atom. The van der Waals surface area contributed by atoms with Gasteiger partial charge in [-0.3, -0.25) is 0 Å². The molecule has 1 unspecified atom stereocenters. The van der Waals surface area contributed by atoms with E-state index in [1.54, 1.807) is 14.2 Å². The van der Waals surface area contributed by atoms with Crippen LogP contribution in [-0.4, -0.2) is 14.2 Å². The Kier molecular flexibility index (Phi) is 4.44. The minimum atomic E-state index is -0.715. The van der Waals surface area contributed by atoms with E-state index in [0.29, 0.717) is 0 Å². The second-order valence-corrected chi connectivity index (χ2v) is 7.30. The molecule has 3 heteroatoms. The molecular weight excluding hydrogens is 372 g/mol. The van der Waals surface area contributed by atoms with Gasteiger partial charge in [0.25, 0.3) is 0 Å². The van der Waals surface area contributed by atoms with Crippen LogP contribution in [0, 0.1) is 0 Å². The third-order valence-electron chi connectivity index (χ3n) is 5.72. The minimum absolute atomic E-state index is 0.715. The van der Waals surface area contributed by atoms with Gasteiger partial charge >= 0.3 is 0 Å².